The van der Waals surface area contributed by atoms with E-state index < -0.39 is 22.8 Å². The van der Waals surface area contributed by atoms with Crippen LogP contribution < -0.4 is 11.2 Å². The van der Waals surface area contributed by atoms with Gasteiger partial charge in [0.05, 0.1) is 13.2 Å². The molecule has 0 atom stereocenters. The van der Waals surface area contributed by atoms with E-state index in [0.29, 0.717) is 12.5 Å². The van der Waals surface area contributed by atoms with Gasteiger partial charge in [-0.2, -0.15) is 0 Å². The molecule has 0 aliphatic carbocycles. The maximum atomic E-state index is 11.4. The minimum Gasteiger partial charge on any atom is -0.477 e. The monoisotopic (exact) mass is 256 g/mol. The van der Waals surface area contributed by atoms with Gasteiger partial charge in [0.1, 0.15) is 5.56 Å². The summed E-state index contributed by atoms with van der Waals surface area (Å²) in [5, 5.41) is 8.76. The van der Waals surface area contributed by atoms with Gasteiger partial charge in [-0.3, -0.25) is 14.3 Å². The molecule has 0 aliphatic heterocycles. The van der Waals surface area contributed by atoms with Crippen LogP contribution in [0.3, 0.4) is 0 Å². The number of aromatic nitrogens is 2. The van der Waals surface area contributed by atoms with E-state index in [2.05, 4.69) is 0 Å². The minimum atomic E-state index is -1.37. The number of H-pyrrole nitrogens is 1. The van der Waals surface area contributed by atoms with E-state index in [1.165, 1.54) is 0 Å². The second-order valence-electron chi connectivity index (χ2n) is 4.27. The Morgan fingerprint density at radius 3 is 2.72 bits per heavy atom. The summed E-state index contributed by atoms with van der Waals surface area (Å²) in [6.07, 6.45) is 1.03. The molecule has 0 fully saturated rings. The third kappa shape index (κ3) is 3.85. The van der Waals surface area contributed by atoms with E-state index in [1.54, 1.807) is 0 Å². The van der Waals surface area contributed by atoms with Crippen LogP contribution >= 0.6 is 0 Å². The van der Waals surface area contributed by atoms with Crippen LogP contribution in [0.15, 0.2) is 15.8 Å². The molecule has 1 aromatic heterocycles. The normalized spacial score (nSPS) is 10.8. The van der Waals surface area contributed by atoms with Crippen LogP contribution in [0.25, 0.3) is 0 Å². The van der Waals surface area contributed by atoms with Crippen molar-refractivity contribution >= 4 is 5.97 Å². The third-order valence-electron chi connectivity index (χ3n) is 2.17. The predicted molar refractivity (Wildman–Crippen MR) is 63.9 cm³/mol. The SMILES string of the molecule is CC(C)COCCn1cc(C(=O)O)c(=O)[nH]c1=O. The van der Waals surface area contributed by atoms with Crippen LogP contribution in [0, 0.1) is 5.92 Å². The molecule has 7 nitrogen and oxygen atoms in total. The molecular formula is C11H16N2O5. The van der Waals surface area contributed by atoms with Crippen LogP contribution in [-0.2, 0) is 11.3 Å². The Labute approximate surface area is 103 Å². The van der Waals surface area contributed by atoms with Gasteiger partial charge in [-0.05, 0) is 5.92 Å². The topological polar surface area (TPSA) is 101 Å². The van der Waals surface area contributed by atoms with Gasteiger partial charge in [0.15, 0.2) is 0 Å². The van der Waals surface area contributed by atoms with E-state index >= 15 is 0 Å². The molecule has 0 amide bonds. The zero-order valence-electron chi connectivity index (χ0n) is 10.3. The number of nitrogens with zero attached hydrogens (tertiary/aromatic N) is 1. The maximum Gasteiger partial charge on any atom is 0.342 e. The summed E-state index contributed by atoms with van der Waals surface area (Å²) in [7, 11) is 0. The molecule has 0 spiro atoms. The predicted octanol–water partition coefficient (Wildman–Crippen LogP) is -0.0926. The van der Waals surface area contributed by atoms with E-state index in [0.717, 1.165) is 10.8 Å². The molecule has 1 aromatic rings. The van der Waals surface area contributed by atoms with Gasteiger partial charge in [0.25, 0.3) is 5.56 Å². The van der Waals surface area contributed by atoms with Crippen LogP contribution in [0.2, 0.25) is 0 Å². The van der Waals surface area contributed by atoms with Crippen molar-refractivity contribution in [2.75, 3.05) is 13.2 Å². The van der Waals surface area contributed by atoms with Crippen molar-refractivity contribution in [3.8, 4) is 0 Å². The number of aromatic amines is 1. The van der Waals surface area contributed by atoms with Gasteiger partial charge in [-0.1, -0.05) is 13.8 Å². The molecule has 0 saturated carbocycles. The second-order valence-corrected chi connectivity index (χ2v) is 4.27. The number of rotatable bonds is 6. The second kappa shape index (κ2) is 6.15. The number of carbonyl (C=O) groups is 1. The largest absolute Gasteiger partial charge is 0.477 e. The molecule has 1 heterocycles. The Morgan fingerprint density at radius 1 is 1.50 bits per heavy atom. The Kier molecular flexibility index (Phi) is 4.85. The fourth-order valence-electron chi connectivity index (χ4n) is 1.31. The average Bonchev–Trinajstić information content (AvgIpc) is 2.25. The van der Waals surface area contributed by atoms with Crippen molar-refractivity contribution in [2.24, 2.45) is 5.92 Å². The highest BCUT2D eigenvalue weighted by molar-refractivity contribution is 5.86. The van der Waals surface area contributed by atoms with Crippen molar-refractivity contribution in [1.82, 2.24) is 9.55 Å². The summed E-state index contributed by atoms with van der Waals surface area (Å²) >= 11 is 0. The number of carboxylic acid groups (broad SMARTS) is 1. The zero-order valence-corrected chi connectivity index (χ0v) is 10.3. The highest BCUT2D eigenvalue weighted by atomic mass is 16.5. The van der Waals surface area contributed by atoms with Crippen LogP contribution in [-0.4, -0.2) is 33.8 Å². The maximum absolute atomic E-state index is 11.4. The summed E-state index contributed by atoms with van der Waals surface area (Å²) in [4.78, 5) is 35.3. The van der Waals surface area contributed by atoms with Gasteiger partial charge in [0, 0.05) is 12.8 Å². The molecule has 2 N–H and O–H groups in total. The lowest BCUT2D eigenvalue weighted by atomic mass is 10.2. The summed E-state index contributed by atoms with van der Waals surface area (Å²) in [5.74, 6) is -0.986. The number of carboxylic acids is 1. The van der Waals surface area contributed by atoms with Crippen LogP contribution in [0.1, 0.15) is 24.2 Å². The Hall–Kier alpha value is -1.89. The first-order chi connectivity index (χ1) is 8.41. The Balaban J connectivity index is 2.77. The van der Waals surface area contributed by atoms with Crippen molar-refractivity contribution < 1.29 is 14.6 Å². The summed E-state index contributed by atoms with van der Waals surface area (Å²) < 4.78 is 6.40. The first kappa shape index (κ1) is 14.2. The zero-order chi connectivity index (χ0) is 13.7. The lowest BCUT2D eigenvalue weighted by molar-refractivity contribution is 0.0692. The van der Waals surface area contributed by atoms with E-state index in [1.807, 2.05) is 18.8 Å². The minimum absolute atomic E-state index is 0.197. The highest BCUT2D eigenvalue weighted by Crippen LogP contribution is 1.93. The van der Waals surface area contributed by atoms with E-state index in [4.69, 9.17) is 9.84 Å². The van der Waals surface area contributed by atoms with Crippen molar-refractivity contribution in [3.05, 3.63) is 32.6 Å². The number of ether oxygens (including phenoxy) is 1. The van der Waals surface area contributed by atoms with Gasteiger partial charge in [-0.25, -0.2) is 9.59 Å². The van der Waals surface area contributed by atoms with Crippen molar-refractivity contribution in [3.63, 3.8) is 0 Å². The lowest BCUT2D eigenvalue weighted by Gasteiger charge is -2.08. The number of nitrogens with one attached hydrogen (secondary N) is 1. The number of hydrogen-bond acceptors (Lipinski definition) is 4. The number of aromatic carboxylic acids is 1. The molecule has 7 heteroatoms. The molecule has 0 aromatic carbocycles. The van der Waals surface area contributed by atoms with Gasteiger partial charge in [-0.15, -0.1) is 0 Å². The molecule has 0 bridgehead atoms. The quantitative estimate of drug-likeness (QED) is 0.692. The first-order valence-electron chi connectivity index (χ1n) is 5.56. The average molecular weight is 256 g/mol. The molecule has 100 valence electrons. The summed E-state index contributed by atoms with van der Waals surface area (Å²) in [6.45, 7) is 5.03. The Bertz CT molecular complexity index is 529. The fourth-order valence-corrected chi connectivity index (χ4v) is 1.31. The Morgan fingerprint density at radius 2 is 2.17 bits per heavy atom. The summed E-state index contributed by atoms with van der Waals surface area (Å²) in [6, 6.07) is 0. The lowest BCUT2D eigenvalue weighted by Crippen LogP contribution is -2.34. The third-order valence-corrected chi connectivity index (χ3v) is 2.17. The molecule has 18 heavy (non-hydrogen) atoms. The van der Waals surface area contributed by atoms with E-state index in [9.17, 15) is 14.4 Å². The van der Waals surface area contributed by atoms with Gasteiger partial charge >= 0.3 is 11.7 Å². The van der Waals surface area contributed by atoms with Crippen molar-refractivity contribution in [1.29, 1.82) is 0 Å². The molecule has 1 rings (SSSR count). The van der Waals surface area contributed by atoms with Crippen LogP contribution in [0.5, 0.6) is 0 Å². The first-order valence-corrected chi connectivity index (χ1v) is 5.56. The molecule has 0 unspecified atom stereocenters. The van der Waals surface area contributed by atoms with Gasteiger partial charge in [0.2, 0.25) is 0 Å². The number of hydrogen-bond donors (Lipinski definition) is 2. The van der Waals surface area contributed by atoms with Gasteiger partial charge < -0.3 is 9.84 Å². The smallest absolute Gasteiger partial charge is 0.342 e. The van der Waals surface area contributed by atoms with Crippen molar-refractivity contribution in [2.45, 2.75) is 20.4 Å². The fraction of sp³-hybridized carbons (Fsp3) is 0.545. The molecule has 0 radical (unpaired) electrons. The molecule has 0 aliphatic rings. The molecule has 0 saturated heterocycles. The highest BCUT2D eigenvalue weighted by Gasteiger charge is 2.11. The summed E-state index contributed by atoms with van der Waals surface area (Å²) in [5.41, 5.74) is -2.00. The molecular weight excluding hydrogens is 240 g/mol. The van der Waals surface area contributed by atoms with E-state index in [-0.39, 0.29) is 13.2 Å². The van der Waals surface area contributed by atoms with Crippen LogP contribution in [0.4, 0.5) is 0 Å². The standard InChI is InChI=1S/C11H16N2O5/c1-7(2)6-18-4-3-13-5-8(10(15)16)9(14)12-11(13)17/h5,7H,3-4,6H2,1-2H3,(H,15,16)(H,12,14,17).